The molecule has 0 aliphatic carbocycles. The minimum absolute atomic E-state index is 0.428. The number of H-pyrrole nitrogens is 1. The average Bonchev–Trinajstić information content (AvgIpc) is 2.89. The highest BCUT2D eigenvalue weighted by Crippen LogP contribution is 2.35. The predicted molar refractivity (Wildman–Crippen MR) is 67.7 cm³/mol. The largest absolute Gasteiger partial charge is 0.303 e. The van der Waals surface area contributed by atoms with Crippen LogP contribution in [0.4, 0.5) is 0 Å². The van der Waals surface area contributed by atoms with Crippen molar-refractivity contribution in [3.63, 3.8) is 0 Å². The molecule has 2 N–H and O–H groups in total. The Kier molecular flexibility index (Phi) is 3.11. The van der Waals surface area contributed by atoms with Gasteiger partial charge in [-0.25, -0.2) is 4.98 Å². The van der Waals surface area contributed by atoms with Gasteiger partial charge >= 0.3 is 0 Å². The first-order valence-corrected chi connectivity index (χ1v) is 6.71. The number of fused-ring (bicyclic) bond motifs is 1. The molecule has 0 saturated carbocycles. The first-order valence-electron chi connectivity index (χ1n) is 5.73. The maximum Gasteiger partial charge on any atom is 0.138 e. The maximum atomic E-state index is 4.12. The first kappa shape index (κ1) is 10.8. The SMILES string of the molecule is c1ccc2c(c1)SCCC2NCc1ncn[nH]1. The quantitative estimate of drug-likeness (QED) is 0.871. The molecule has 0 bridgehead atoms. The van der Waals surface area contributed by atoms with Gasteiger partial charge in [-0.05, 0) is 23.8 Å². The fourth-order valence-electron chi connectivity index (χ4n) is 2.09. The van der Waals surface area contributed by atoms with E-state index in [1.54, 1.807) is 6.33 Å². The molecule has 2 heterocycles. The van der Waals surface area contributed by atoms with Gasteiger partial charge in [-0.2, -0.15) is 5.10 Å². The molecule has 0 radical (unpaired) electrons. The Morgan fingerprint density at radius 2 is 2.35 bits per heavy atom. The Morgan fingerprint density at radius 3 is 3.24 bits per heavy atom. The second-order valence-electron chi connectivity index (χ2n) is 4.04. The molecule has 2 aromatic rings. The molecule has 1 aliphatic rings. The van der Waals surface area contributed by atoms with Crippen LogP contribution in [-0.4, -0.2) is 20.9 Å². The van der Waals surface area contributed by atoms with Crippen molar-refractivity contribution in [2.75, 3.05) is 5.75 Å². The number of rotatable bonds is 3. The zero-order valence-electron chi connectivity index (χ0n) is 9.39. The van der Waals surface area contributed by atoms with Crippen LogP contribution in [0.2, 0.25) is 0 Å². The van der Waals surface area contributed by atoms with Crippen LogP contribution in [0, 0.1) is 0 Å². The van der Waals surface area contributed by atoms with Crippen molar-refractivity contribution in [2.45, 2.75) is 23.9 Å². The van der Waals surface area contributed by atoms with Gasteiger partial charge < -0.3 is 5.32 Å². The van der Waals surface area contributed by atoms with E-state index >= 15 is 0 Å². The van der Waals surface area contributed by atoms with Crippen LogP contribution in [0.15, 0.2) is 35.5 Å². The van der Waals surface area contributed by atoms with Crippen LogP contribution in [-0.2, 0) is 6.54 Å². The van der Waals surface area contributed by atoms with Crippen molar-refractivity contribution in [3.8, 4) is 0 Å². The van der Waals surface area contributed by atoms with Gasteiger partial charge in [-0.3, -0.25) is 5.10 Å². The van der Waals surface area contributed by atoms with Crippen LogP contribution < -0.4 is 5.32 Å². The molecule has 0 spiro atoms. The predicted octanol–water partition coefficient (Wildman–Crippen LogP) is 2.13. The average molecular weight is 246 g/mol. The van der Waals surface area contributed by atoms with Crippen LogP contribution in [0.25, 0.3) is 0 Å². The molecule has 17 heavy (non-hydrogen) atoms. The van der Waals surface area contributed by atoms with Gasteiger partial charge in [-0.15, -0.1) is 11.8 Å². The van der Waals surface area contributed by atoms with Crippen molar-refractivity contribution >= 4 is 11.8 Å². The van der Waals surface area contributed by atoms with E-state index in [4.69, 9.17) is 0 Å². The number of nitrogens with zero attached hydrogens (tertiary/aromatic N) is 2. The lowest BCUT2D eigenvalue weighted by molar-refractivity contribution is 0.501. The smallest absolute Gasteiger partial charge is 0.138 e. The van der Waals surface area contributed by atoms with Gasteiger partial charge in [-0.1, -0.05) is 18.2 Å². The minimum Gasteiger partial charge on any atom is -0.303 e. The lowest BCUT2D eigenvalue weighted by atomic mass is 10.0. The second kappa shape index (κ2) is 4.89. The fourth-order valence-corrected chi connectivity index (χ4v) is 3.22. The molecule has 88 valence electrons. The first-order chi connectivity index (χ1) is 8.43. The Bertz CT molecular complexity index is 483. The van der Waals surface area contributed by atoms with E-state index < -0.39 is 0 Å². The molecule has 5 heteroatoms. The normalized spacial score (nSPS) is 18.9. The van der Waals surface area contributed by atoms with E-state index in [9.17, 15) is 0 Å². The van der Waals surface area contributed by atoms with Gasteiger partial charge in [0.15, 0.2) is 0 Å². The summed E-state index contributed by atoms with van der Waals surface area (Å²) in [5.41, 5.74) is 1.41. The van der Waals surface area contributed by atoms with Crippen molar-refractivity contribution < 1.29 is 0 Å². The molecule has 4 nitrogen and oxygen atoms in total. The summed E-state index contributed by atoms with van der Waals surface area (Å²) in [5.74, 6) is 2.06. The topological polar surface area (TPSA) is 53.6 Å². The summed E-state index contributed by atoms with van der Waals surface area (Å²) in [5, 5.41) is 10.3. The third-order valence-corrected chi connectivity index (χ3v) is 4.06. The van der Waals surface area contributed by atoms with Crippen LogP contribution in [0.5, 0.6) is 0 Å². The number of benzene rings is 1. The van der Waals surface area contributed by atoms with E-state index in [-0.39, 0.29) is 0 Å². The Hall–Kier alpha value is -1.33. The minimum atomic E-state index is 0.428. The number of aromatic amines is 1. The third-order valence-electron chi connectivity index (χ3n) is 2.94. The summed E-state index contributed by atoms with van der Waals surface area (Å²) >= 11 is 1.94. The number of hydrogen-bond donors (Lipinski definition) is 2. The molecule has 1 aromatic heterocycles. The molecular formula is C12H14N4S. The monoisotopic (exact) mass is 246 g/mol. The lowest BCUT2D eigenvalue weighted by Crippen LogP contribution is -2.24. The van der Waals surface area contributed by atoms with Gasteiger partial charge in [0.2, 0.25) is 0 Å². The zero-order valence-corrected chi connectivity index (χ0v) is 10.2. The molecule has 1 aliphatic heterocycles. The van der Waals surface area contributed by atoms with Crippen molar-refractivity contribution in [1.82, 2.24) is 20.5 Å². The van der Waals surface area contributed by atoms with Crippen LogP contribution in [0.3, 0.4) is 0 Å². The molecule has 0 saturated heterocycles. The van der Waals surface area contributed by atoms with Crippen molar-refractivity contribution in [1.29, 1.82) is 0 Å². The van der Waals surface area contributed by atoms with Crippen LogP contribution in [0.1, 0.15) is 23.9 Å². The van der Waals surface area contributed by atoms with E-state index in [2.05, 4.69) is 44.8 Å². The molecule has 0 fully saturated rings. The highest BCUT2D eigenvalue weighted by molar-refractivity contribution is 7.99. The zero-order chi connectivity index (χ0) is 11.5. The molecule has 1 atom stereocenters. The van der Waals surface area contributed by atoms with Crippen molar-refractivity contribution in [3.05, 3.63) is 42.0 Å². The molecular weight excluding hydrogens is 232 g/mol. The number of aromatic nitrogens is 3. The summed E-state index contributed by atoms with van der Waals surface area (Å²) in [4.78, 5) is 5.52. The standard InChI is InChI=1S/C12H14N4S/c1-2-4-11-9(3-1)10(5-6-17-11)13-7-12-14-8-15-16-12/h1-4,8,10,13H,5-7H2,(H,14,15,16). The van der Waals surface area contributed by atoms with E-state index in [1.165, 1.54) is 16.2 Å². The van der Waals surface area contributed by atoms with Gasteiger partial charge in [0.25, 0.3) is 0 Å². The molecule has 0 amide bonds. The molecule has 1 unspecified atom stereocenters. The van der Waals surface area contributed by atoms with Gasteiger partial charge in [0.1, 0.15) is 12.2 Å². The summed E-state index contributed by atoms with van der Waals surface area (Å²) in [6.45, 7) is 0.740. The van der Waals surface area contributed by atoms with Gasteiger partial charge in [0, 0.05) is 10.9 Å². The van der Waals surface area contributed by atoms with Gasteiger partial charge in [0.05, 0.1) is 6.54 Å². The Balaban J connectivity index is 1.72. The number of nitrogens with one attached hydrogen (secondary N) is 2. The maximum absolute atomic E-state index is 4.12. The summed E-state index contributed by atoms with van der Waals surface area (Å²) < 4.78 is 0. The summed E-state index contributed by atoms with van der Waals surface area (Å²) in [6.07, 6.45) is 2.71. The van der Waals surface area contributed by atoms with E-state index in [1.807, 2.05) is 11.8 Å². The fraction of sp³-hybridized carbons (Fsp3) is 0.333. The Labute approximate surface area is 104 Å². The highest BCUT2D eigenvalue weighted by Gasteiger charge is 2.19. The Morgan fingerprint density at radius 1 is 1.41 bits per heavy atom. The van der Waals surface area contributed by atoms with E-state index in [0.29, 0.717) is 6.04 Å². The molecule has 3 rings (SSSR count). The number of hydrogen-bond acceptors (Lipinski definition) is 4. The highest BCUT2D eigenvalue weighted by atomic mass is 32.2. The van der Waals surface area contributed by atoms with E-state index in [0.717, 1.165) is 18.8 Å². The summed E-state index contributed by atoms with van der Waals surface area (Å²) in [6, 6.07) is 9.04. The molecule has 1 aromatic carbocycles. The lowest BCUT2D eigenvalue weighted by Gasteiger charge is -2.25. The van der Waals surface area contributed by atoms with Crippen molar-refractivity contribution in [2.24, 2.45) is 0 Å². The second-order valence-corrected chi connectivity index (χ2v) is 5.18. The number of thioether (sulfide) groups is 1. The summed E-state index contributed by atoms with van der Waals surface area (Å²) in [7, 11) is 0. The third kappa shape index (κ3) is 2.35. The van der Waals surface area contributed by atoms with Crippen LogP contribution >= 0.6 is 11.8 Å².